The van der Waals surface area contributed by atoms with E-state index in [1.165, 1.54) is 6.07 Å². The van der Waals surface area contributed by atoms with E-state index in [1.54, 1.807) is 12.3 Å². The number of carbonyl (C=O) groups excluding carboxylic acids is 1. The Hall–Kier alpha value is -2.55. The van der Waals surface area contributed by atoms with Crippen LogP contribution in [0.2, 0.25) is 0 Å². The van der Waals surface area contributed by atoms with Gasteiger partial charge in [-0.2, -0.15) is 4.98 Å². The molecule has 3 aromatic heterocycles. The zero-order valence-corrected chi connectivity index (χ0v) is 23.2. The van der Waals surface area contributed by atoms with Gasteiger partial charge in [0.05, 0.1) is 10.3 Å². The lowest BCUT2D eigenvalue weighted by Gasteiger charge is -2.33. The minimum Gasteiger partial charge on any atom is -0.444 e. The van der Waals surface area contributed by atoms with E-state index in [0.717, 1.165) is 46.9 Å². The molecule has 0 unspecified atom stereocenters. The second-order valence-electron chi connectivity index (χ2n) is 9.21. The van der Waals surface area contributed by atoms with Crippen LogP contribution >= 0.6 is 27.3 Å². The fourth-order valence-corrected chi connectivity index (χ4v) is 6.58. The van der Waals surface area contributed by atoms with Gasteiger partial charge in [0, 0.05) is 30.9 Å². The summed E-state index contributed by atoms with van der Waals surface area (Å²) in [5, 5.41) is 6.87. The summed E-state index contributed by atoms with van der Waals surface area (Å²) in [7, 11) is -3.67. The van der Waals surface area contributed by atoms with Crippen LogP contribution < -0.4 is 14.9 Å². The average Bonchev–Trinajstić information content (AvgIpc) is 3.47. The zero-order chi connectivity index (χ0) is 25.9. The first-order chi connectivity index (χ1) is 17.0. The number of thiophene rings is 1. The number of sulfonamides is 1. The summed E-state index contributed by atoms with van der Waals surface area (Å²) < 4.78 is 38.6. The predicted octanol–water partition coefficient (Wildman–Crippen LogP) is 3.93. The maximum atomic E-state index is 12.4. The maximum Gasteiger partial charge on any atom is 0.407 e. The zero-order valence-electron chi connectivity index (χ0n) is 20.0. The number of aromatic nitrogens is 3. The quantitative estimate of drug-likeness (QED) is 0.414. The van der Waals surface area contributed by atoms with Gasteiger partial charge in [0.2, 0.25) is 11.7 Å². The fourth-order valence-electron chi connectivity index (χ4n) is 3.55. The molecule has 0 aliphatic carbocycles. The van der Waals surface area contributed by atoms with Crippen LogP contribution in [0.15, 0.2) is 43.0 Å². The van der Waals surface area contributed by atoms with Gasteiger partial charge >= 0.3 is 6.09 Å². The normalized spacial score (nSPS) is 15.2. The first kappa shape index (κ1) is 26.5. The van der Waals surface area contributed by atoms with Crippen molar-refractivity contribution < 1.29 is 22.5 Å². The number of hydrogen-bond acceptors (Lipinski definition) is 10. The van der Waals surface area contributed by atoms with Crippen molar-refractivity contribution >= 4 is 49.2 Å². The predicted molar refractivity (Wildman–Crippen MR) is 138 cm³/mol. The van der Waals surface area contributed by atoms with Crippen molar-refractivity contribution in [1.29, 1.82) is 0 Å². The van der Waals surface area contributed by atoms with Gasteiger partial charge in [0.1, 0.15) is 15.6 Å². The van der Waals surface area contributed by atoms with Crippen LogP contribution in [0.4, 0.5) is 10.6 Å². The summed E-state index contributed by atoms with van der Waals surface area (Å²) in [6, 6.07) is 6.97. The Labute approximate surface area is 221 Å². The molecule has 1 aliphatic rings. The molecule has 0 radical (unpaired) electrons. The summed E-state index contributed by atoms with van der Waals surface area (Å²) in [4.78, 5) is 22.9. The van der Waals surface area contributed by atoms with Crippen molar-refractivity contribution in [2.24, 2.45) is 0 Å². The van der Waals surface area contributed by atoms with Crippen LogP contribution in [0.3, 0.4) is 0 Å². The highest BCUT2D eigenvalue weighted by Gasteiger charge is 2.24. The van der Waals surface area contributed by atoms with Gasteiger partial charge in [-0.3, -0.25) is 0 Å². The van der Waals surface area contributed by atoms with E-state index in [-0.39, 0.29) is 22.7 Å². The van der Waals surface area contributed by atoms with Crippen molar-refractivity contribution in [1.82, 2.24) is 25.2 Å². The molecule has 194 valence electrons. The molecule has 1 saturated heterocycles. The van der Waals surface area contributed by atoms with E-state index in [1.807, 2.05) is 32.9 Å². The highest BCUT2D eigenvalue weighted by atomic mass is 79.9. The van der Waals surface area contributed by atoms with E-state index in [0.29, 0.717) is 11.4 Å². The van der Waals surface area contributed by atoms with Gasteiger partial charge in [-0.15, -0.1) is 11.3 Å². The Bertz CT molecular complexity index is 1290. The van der Waals surface area contributed by atoms with Crippen LogP contribution in [0.1, 0.15) is 39.5 Å². The topological polar surface area (TPSA) is 140 Å². The summed E-state index contributed by atoms with van der Waals surface area (Å²) in [5.74, 6) is 1.28. The number of carbonyl (C=O) groups is 1. The Kier molecular flexibility index (Phi) is 7.97. The molecule has 4 rings (SSSR count). The van der Waals surface area contributed by atoms with E-state index in [9.17, 15) is 13.2 Å². The van der Waals surface area contributed by atoms with Crippen molar-refractivity contribution in [3.05, 3.63) is 40.1 Å². The number of rotatable bonds is 7. The Morgan fingerprint density at radius 3 is 2.61 bits per heavy atom. The number of piperidine rings is 1. The van der Waals surface area contributed by atoms with Crippen LogP contribution in [0.5, 0.6) is 0 Å². The molecule has 0 spiro atoms. The number of pyridine rings is 1. The molecule has 0 aromatic carbocycles. The lowest BCUT2D eigenvalue weighted by molar-refractivity contribution is 0.0497. The third-order valence-corrected chi connectivity index (χ3v) is 8.76. The standard InChI is InChI=1S/C22H27BrN6O5S2/c1-22(2,3)33-21(30)26-15-8-10-29(11-9-15)17-6-4-14(12-24-17)20-27-18(34-28-20)13-25-36(31,32)19-7-5-16(23)35-19/h4-7,12,15,25H,8-11,13H2,1-3H3,(H,26,30). The van der Waals surface area contributed by atoms with Crippen LogP contribution in [0.25, 0.3) is 11.4 Å². The Balaban J connectivity index is 1.29. The van der Waals surface area contributed by atoms with Crippen molar-refractivity contribution in [2.75, 3.05) is 18.0 Å². The van der Waals surface area contributed by atoms with E-state index in [4.69, 9.17) is 9.26 Å². The summed E-state index contributed by atoms with van der Waals surface area (Å²) in [6.45, 7) is 6.90. The summed E-state index contributed by atoms with van der Waals surface area (Å²) in [6.07, 6.45) is 2.84. The molecule has 11 nitrogen and oxygen atoms in total. The van der Waals surface area contributed by atoms with Crippen LogP contribution in [-0.4, -0.2) is 54.4 Å². The second kappa shape index (κ2) is 10.8. The number of nitrogens with zero attached hydrogens (tertiary/aromatic N) is 4. The van der Waals surface area contributed by atoms with Gasteiger partial charge < -0.3 is 19.5 Å². The Morgan fingerprint density at radius 2 is 2.00 bits per heavy atom. The monoisotopic (exact) mass is 598 g/mol. The first-order valence-corrected chi connectivity index (χ1v) is 14.4. The molecule has 36 heavy (non-hydrogen) atoms. The minimum absolute atomic E-state index is 0.0619. The molecule has 0 saturated carbocycles. The molecular formula is C22H27BrN6O5S2. The molecule has 4 heterocycles. The van der Waals surface area contributed by atoms with Gasteiger partial charge in [0.15, 0.2) is 0 Å². The van der Waals surface area contributed by atoms with Gasteiger partial charge in [0.25, 0.3) is 10.0 Å². The largest absolute Gasteiger partial charge is 0.444 e. The highest BCUT2D eigenvalue weighted by Crippen LogP contribution is 2.26. The number of alkyl carbamates (subject to hydrolysis) is 1. The van der Waals surface area contributed by atoms with Gasteiger partial charge in [-0.1, -0.05) is 5.16 Å². The molecular weight excluding hydrogens is 572 g/mol. The van der Waals surface area contributed by atoms with Gasteiger partial charge in [-0.05, 0) is 73.8 Å². The molecule has 0 atom stereocenters. The van der Waals surface area contributed by atoms with E-state index in [2.05, 4.69) is 46.0 Å². The van der Waals surface area contributed by atoms with Crippen molar-refractivity contribution in [3.63, 3.8) is 0 Å². The SMILES string of the molecule is CC(C)(C)OC(=O)NC1CCN(c2ccc(-c3noc(CNS(=O)(=O)c4ccc(Br)s4)n3)cn2)CC1. The summed E-state index contributed by atoms with van der Waals surface area (Å²) in [5.41, 5.74) is 0.131. The van der Waals surface area contributed by atoms with Crippen LogP contribution in [0, 0.1) is 0 Å². The molecule has 14 heteroatoms. The molecule has 1 fully saturated rings. The molecule has 2 N–H and O–H groups in total. The van der Waals surface area contributed by atoms with E-state index >= 15 is 0 Å². The smallest absolute Gasteiger partial charge is 0.407 e. The number of ether oxygens (including phenoxy) is 1. The molecule has 1 amide bonds. The Morgan fingerprint density at radius 1 is 1.25 bits per heavy atom. The first-order valence-electron chi connectivity index (χ1n) is 11.3. The van der Waals surface area contributed by atoms with E-state index < -0.39 is 21.7 Å². The van der Waals surface area contributed by atoms with Crippen molar-refractivity contribution in [2.45, 2.75) is 56.0 Å². The molecule has 0 bridgehead atoms. The second-order valence-corrected chi connectivity index (χ2v) is 13.7. The number of halogens is 1. The van der Waals surface area contributed by atoms with Crippen LogP contribution in [-0.2, 0) is 21.3 Å². The van der Waals surface area contributed by atoms with Crippen molar-refractivity contribution in [3.8, 4) is 11.4 Å². The number of anilines is 1. The summed E-state index contributed by atoms with van der Waals surface area (Å²) >= 11 is 4.37. The third-order valence-electron chi connectivity index (χ3n) is 5.24. The maximum absolute atomic E-state index is 12.4. The lowest BCUT2D eigenvalue weighted by Crippen LogP contribution is -2.46. The number of nitrogens with one attached hydrogen (secondary N) is 2. The molecule has 1 aliphatic heterocycles. The fraction of sp³-hybridized carbons (Fsp3) is 0.455. The lowest BCUT2D eigenvalue weighted by atomic mass is 10.1. The third kappa shape index (κ3) is 7.02. The van der Waals surface area contributed by atoms with Gasteiger partial charge in [-0.25, -0.2) is 22.9 Å². The average molecular weight is 600 g/mol. The minimum atomic E-state index is -3.67. The number of amides is 1. The molecule has 3 aromatic rings. The number of hydrogen-bond donors (Lipinski definition) is 2. The highest BCUT2D eigenvalue weighted by molar-refractivity contribution is 9.11.